The Bertz CT molecular complexity index is 584. The van der Waals surface area contributed by atoms with Crippen LogP contribution in [0.15, 0.2) is 36.5 Å². The van der Waals surface area contributed by atoms with Gasteiger partial charge in [-0.15, -0.1) is 0 Å². The Kier molecular flexibility index (Phi) is 4.51. The van der Waals surface area contributed by atoms with Gasteiger partial charge in [0.1, 0.15) is 5.82 Å². The van der Waals surface area contributed by atoms with Crippen molar-refractivity contribution in [2.75, 3.05) is 0 Å². The molecular formula is C16H20ClFN2. The summed E-state index contributed by atoms with van der Waals surface area (Å²) in [4.78, 5) is 0. The van der Waals surface area contributed by atoms with Crippen molar-refractivity contribution in [2.45, 2.75) is 39.4 Å². The molecule has 0 aliphatic carbocycles. The zero-order chi connectivity index (χ0) is 14.8. The maximum Gasteiger partial charge on any atom is 0.129 e. The predicted octanol–water partition coefficient (Wildman–Crippen LogP) is 4.22. The highest BCUT2D eigenvalue weighted by Gasteiger charge is 2.11. The van der Waals surface area contributed by atoms with E-state index in [2.05, 4.69) is 26.1 Å². The van der Waals surface area contributed by atoms with Crippen molar-refractivity contribution in [2.24, 2.45) is 0 Å². The molecule has 1 heterocycles. The van der Waals surface area contributed by atoms with Crippen LogP contribution in [0.4, 0.5) is 4.39 Å². The van der Waals surface area contributed by atoms with E-state index in [0.717, 1.165) is 12.2 Å². The Balaban J connectivity index is 2.12. The van der Waals surface area contributed by atoms with Crippen LogP contribution < -0.4 is 5.32 Å². The number of hydrogen-bond donors (Lipinski definition) is 1. The number of rotatable bonds is 4. The Hall–Kier alpha value is -1.32. The quantitative estimate of drug-likeness (QED) is 0.893. The summed E-state index contributed by atoms with van der Waals surface area (Å²) in [5.74, 6) is -0.263. The Morgan fingerprint density at radius 2 is 2.00 bits per heavy atom. The van der Waals surface area contributed by atoms with E-state index in [1.54, 1.807) is 12.1 Å². The minimum absolute atomic E-state index is 0.0562. The standard InChI is InChI=1S/C16H20ClFN2/c1-16(2,3)19-10-14-5-4-8-20(14)11-12-6-7-13(17)9-15(12)18/h4-9,19H,10-11H2,1-3H3. The second-order valence-electron chi connectivity index (χ2n) is 5.97. The second kappa shape index (κ2) is 5.98. The lowest BCUT2D eigenvalue weighted by molar-refractivity contribution is 0.416. The molecule has 2 nitrogen and oxygen atoms in total. The lowest BCUT2D eigenvalue weighted by Gasteiger charge is -2.21. The van der Waals surface area contributed by atoms with E-state index < -0.39 is 0 Å². The summed E-state index contributed by atoms with van der Waals surface area (Å²) < 4.78 is 15.9. The predicted molar refractivity (Wildman–Crippen MR) is 81.5 cm³/mol. The summed E-state index contributed by atoms with van der Waals surface area (Å²) in [5.41, 5.74) is 1.83. The van der Waals surface area contributed by atoms with Gasteiger partial charge in [0.15, 0.2) is 0 Å². The van der Waals surface area contributed by atoms with Gasteiger partial charge in [0.05, 0.1) is 6.54 Å². The summed E-state index contributed by atoms with van der Waals surface area (Å²) in [5, 5.41) is 3.86. The summed E-state index contributed by atoms with van der Waals surface area (Å²) in [7, 11) is 0. The molecule has 2 aromatic rings. The minimum Gasteiger partial charge on any atom is -0.346 e. The van der Waals surface area contributed by atoms with Gasteiger partial charge in [-0.05, 0) is 45.0 Å². The molecule has 1 aromatic carbocycles. The molecule has 0 fully saturated rings. The smallest absolute Gasteiger partial charge is 0.129 e. The number of aromatic nitrogens is 1. The van der Waals surface area contributed by atoms with Crippen LogP contribution in [-0.2, 0) is 13.1 Å². The Morgan fingerprint density at radius 3 is 2.65 bits per heavy atom. The topological polar surface area (TPSA) is 17.0 Å². The first-order valence-corrected chi connectivity index (χ1v) is 7.06. The molecule has 2 rings (SSSR count). The molecule has 0 bridgehead atoms. The molecule has 0 aliphatic rings. The van der Waals surface area contributed by atoms with E-state index in [-0.39, 0.29) is 11.4 Å². The Morgan fingerprint density at radius 1 is 1.25 bits per heavy atom. The van der Waals surface area contributed by atoms with Crippen molar-refractivity contribution in [1.82, 2.24) is 9.88 Å². The third kappa shape index (κ3) is 4.09. The van der Waals surface area contributed by atoms with Crippen LogP contribution in [0.25, 0.3) is 0 Å². The highest BCUT2D eigenvalue weighted by Crippen LogP contribution is 2.17. The fraction of sp³-hybridized carbons (Fsp3) is 0.375. The number of hydrogen-bond acceptors (Lipinski definition) is 1. The van der Waals surface area contributed by atoms with Crippen molar-refractivity contribution < 1.29 is 4.39 Å². The monoisotopic (exact) mass is 294 g/mol. The van der Waals surface area contributed by atoms with Gasteiger partial charge in [0, 0.05) is 34.6 Å². The van der Waals surface area contributed by atoms with Crippen LogP contribution in [0.2, 0.25) is 5.02 Å². The Labute approximate surface area is 124 Å². The molecule has 0 saturated carbocycles. The van der Waals surface area contributed by atoms with E-state index in [9.17, 15) is 4.39 Å². The molecule has 4 heteroatoms. The van der Waals surface area contributed by atoms with Crippen molar-refractivity contribution in [3.8, 4) is 0 Å². The number of nitrogens with one attached hydrogen (secondary N) is 1. The average Bonchev–Trinajstić information content (AvgIpc) is 2.77. The van der Waals surface area contributed by atoms with Crippen molar-refractivity contribution in [1.29, 1.82) is 0 Å². The van der Waals surface area contributed by atoms with Gasteiger partial charge in [-0.3, -0.25) is 0 Å². The van der Waals surface area contributed by atoms with Crippen molar-refractivity contribution in [3.63, 3.8) is 0 Å². The summed E-state index contributed by atoms with van der Waals surface area (Å²) >= 11 is 5.77. The first-order valence-electron chi connectivity index (χ1n) is 6.68. The molecule has 0 radical (unpaired) electrons. The van der Waals surface area contributed by atoms with Gasteiger partial charge in [-0.1, -0.05) is 17.7 Å². The summed E-state index contributed by atoms with van der Waals surface area (Å²) in [6.07, 6.45) is 1.97. The fourth-order valence-electron chi connectivity index (χ4n) is 1.95. The van der Waals surface area contributed by atoms with E-state index in [1.807, 2.05) is 22.9 Å². The molecule has 1 N–H and O–H groups in total. The number of nitrogens with zero attached hydrogens (tertiary/aromatic N) is 1. The van der Waals surface area contributed by atoms with Gasteiger partial charge in [-0.2, -0.15) is 0 Å². The maximum absolute atomic E-state index is 13.8. The lowest BCUT2D eigenvalue weighted by Crippen LogP contribution is -2.35. The van der Waals surface area contributed by atoms with Crippen molar-refractivity contribution >= 4 is 11.6 Å². The fourth-order valence-corrected chi connectivity index (χ4v) is 2.11. The molecule has 0 aliphatic heterocycles. The maximum atomic E-state index is 13.8. The summed E-state index contributed by atoms with van der Waals surface area (Å²) in [6.45, 7) is 7.64. The minimum atomic E-state index is -0.263. The number of halogens is 2. The average molecular weight is 295 g/mol. The molecular weight excluding hydrogens is 275 g/mol. The highest BCUT2D eigenvalue weighted by molar-refractivity contribution is 6.30. The van der Waals surface area contributed by atoms with Gasteiger partial charge < -0.3 is 9.88 Å². The van der Waals surface area contributed by atoms with E-state index >= 15 is 0 Å². The second-order valence-corrected chi connectivity index (χ2v) is 6.40. The first kappa shape index (κ1) is 15.1. The largest absolute Gasteiger partial charge is 0.346 e. The molecule has 0 spiro atoms. The molecule has 20 heavy (non-hydrogen) atoms. The normalized spacial score (nSPS) is 11.8. The zero-order valence-corrected chi connectivity index (χ0v) is 12.8. The molecule has 0 amide bonds. The molecule has 0 saturated heterocycles. The lowest BCUT2D eigenvalue weighted by atomic mass is 10.1. The third-order valence-electron chi connectivity index (χ3n) is 3.08. The molecule has 1 aromatic heterocycles. The summed E-state index contributed by atoms with van der Waals surface area (Å²) in [6, 6.07) is 8.84. The van der Waals surface area contributed by atoms with Gasteiger partial charge in [-0.25, -0.2) is 4.39 Å². The van der Waals surface area contributed by atoms with Crippen LogP contribution in [0.3, 0.4) is 0 Å². The van der Waals surface area contributed by atoms with Gasteiger partial charge in [0.25, 0.3) is 0 Å². The van der Waals surface area contributed by atoms with E-state index in [1.165, 1.54) is 6.07 Å². The van der Waals surface area contributed by atoms with E-state index in [0.29, 0.717) is 17.1 Å². The van der Waals surface area contributed by atoms with Gasteiger partial charge >= 0.3 is 0 Å². The SMILES string of the molecule is CC(C)(C)NCc1cccn1Cc1ccc(Cl)cc1F. The van der Waals surface area contributed by atoms with Crippen LogP contribution in [0.5, 0.6) is 0 Å². The van der Waals surface area contributed by atoms with Crippen LogP contribution >= 0.6 is 11.6 Å². The zero-order valence-electron chi connectivity index (χ0n) is 12.1. The van der Waals surface area contributed by atoms with Crippen LogP contribution in [-0.4, -0.2) is 10.1 Å². The third-order valence-corrected chi connectivity index (χ3v) is 3.31. The highest BCUT2D eigenvalue weighted by atomic mass is 35.5. The van der Waals surface area contributed by atoms with Crippen LogP contribution in [0.1, 0.15) is 32.0 Å². The van der Waals surface area contributed by atoms with Gasteiger partial charge in [0.2, 0.25) is 0 Å². The van der Waals surface area contributed by atoms with E-state index in [4.69, 9.17) is 11.6 Å². The number of benzene rings is 1. The van der Waals surface area contributed by atoms with Crippen molar-refractivity contribution in [3.05, 3.63) is 58.6 Å². The van der Waals surface area contributed by atoms with Crippen LogP contribution in [0, 0.1) is 5.82 Å². The molecule has 0 atom stereocenters. The molecule has 0 unspecified atom stereocenters. The molecule has 108 valence electrons. The first-order chi connectivity index (χ1) is 9.35.